The Morgan fingerprint density at radius 2 is 1.77 bits per heavy atom. The third-order valence-electron chi connectivity index (χ3n) is 5.67. The molecule has 0 saturated carbocycles. The minimum atomic E-state index is 0.0937. The van der Waals surface area contributed by atoms with Crippen LogP contribution >= 0.6 is 11.8 Å². The molecule has 162 valence electrons. The maximum Gasteiger partial charge on any atom is 0.232 e. The van der Waals surface area contributed by atoms with Crippen molar-refractivity contribution < 1.29 is 9.53 Å². The zero-order valence-electron chi connectivity index (χ0n) is 18.0. The van der Waals surface area contributed by atoms with E-state index in [1.807, 2.05) is 47.0 Å². The van der Waals surface area contributed by atoms with Gasteiger partial charge in [0.2, 0.25) is 5.95 Å². The normalized spacial score (nSPS) is 15.1. The predicted molar refractivity (Wildman–Crippen MR) is 125 cm³/mol. The number of aromatic nitrogens is 3. The van der Waals surface area contributed by atoms with Gasteiger partial charge in [-0.05, 0) is 30.0 Å². The molecule has 0 aliphatic carbocycles. The minimum Gasteiger partial charge on any atom is -0.378 e. The molecule has 0 N–H and O–H groups in total. The van der Waals surface area contributed by atoms with Crippen LogP contribution in [-0.4, -0.2) is 52.6 Å². The fraction of sp³-hybridized carbons (Fsp3) is 0.375. The van der Waals surface area contributed by atoms with Gasteiger partial charge < -0.3 is 9.64 Å². The van der Waals surface area contributed by atoms with Crippen molar-refractivity contribution in [2.75, 3.05) is 37.0 Å². The molecular formula is C24H28N4O2S. The number of rotatable bonds is 8. The number of morpholine rings is 1. The van der Waals surface area contributed by atoms with Gasteiger partial charge in [-0.25, -0.2) is 0 Å². The standard InChI is InChI=1S/C24H28N4O2S/c1-3-18(2)19-9-11-20(12-10-19)22(29)17-31-24-26-25-23(27-13-15-30-16-14-27)28(24)21-7-5-4-6-8-21/h4-12,18H,3,13-17H2,1-2H3. The van der Waals surface area contributed by atoms with E-state index < -0.39 is 0 Å². The Hall–Kier alpha value is -2.64. The van der Waals surface area contributed by atoms with Crippen molar-refractivity contribution in [3.05, 3.63) is 65.7 Å². The zero-order chi connectivity index (χ0) is 21.6. The molecule has 0 spiro atoms. The lowest BCUT2D eigenvalue weighted by atomic mass is 9.97. The van der Waals surface area contributed by atoms with Gasteiger partial charge in [0.15, 0.2) is 10.9 Å². The van der Waals surface area contributed by atoms with E-state index in [0.717, 1.165) is 41.9 Å². The van der Waals surface area contributed by atoms with E-state index in [2.05, 4.69) is 41.1 Å². The predicted octanol–water partition coefficient (Wildman–Crippen LogP) is 4.59. The number of ketones is 1. The average Bonchev–Trinajstić information content (AvgIpc) is 3.27. The smallest absolute Gasteiger partial charge is 0.232 e. The van der Waals surface area contributed by atoms with Crippen molar-refractivity contribution in [1.82, 2.24) is 14.8 Å². The van der Waals surface area contributed by atoms with Crippen LogP contribution in [0.1, 0.15) is 42.1 Å². The summed E-state index contributed by atoms with van der Waals surface area (Å²) < 4.78 is 7.52. The molecule has 1 aromatic heterocycles. The topological polar surface area (TPSA) is 60.3 Å². The van der Waals surface area contributed by atoms with Crippen LogP contribution in [0.15, 0.2) is 59.8 Å². The molecule has 0 bridgehead atoms. The molecule has 0 amide bonds. The average molecular weight is 437 g/mol. The van der Waals surface area contributed by atoms with Crippen molar-refractivity contribution in [2.45, 2.75) is 31.3 Å². The molecule has 3 aromatic rings. The van der Waals surface area contributed by atoms with Crippen LogP contribution in [0.5, 0.6) is 0 Å². The largest absolute Gasteiger partial charge is 0.378 e. The molecule has 6 nitrogen and oxygen atoms in total. The summed E-state index contributed by atoms with van der Waals surface area (Å²) in [5, 5.41) is 9.60. The molecule has 2 aromatic carbocycles. The van der Waals surface area contributed by atoms with Crippen molar-refractivity contribution in [3.8, 4) is 5.69 Å². The van der Waals surface area contributed by atoms with Crippen LogP contribution in [0.2, 0.25) is 0 Å². The third-order valence-corrected chi connectivity index (χ3v) is 6.60. The Balaban J connectivity index is 1.53. The SMILES string of the molecule is CCC(C)c1ccc(C(=O)CSc2nnc(N3CCOCC3)n2-c2ccccc2)cc1. The number of carbonyl (C=O) groups is 1. The highest BCUT2D eigenvalue weighted by Crippen LogP contribution is 2.28. The fourth-order valence-electron chi connectivity index (χ4n) is 3.57. The Labute approximate surface area is 187 Å². The summed E-state index contributed by atoms with van der Waals surface area (Å²) in [5.41, 5.74) is 2.99. The van der Waals surface area contributed by atoms with Crippen LogP contribution in [-0.2, 0) is 4.74 Å². The highest BCUT2D eigenvalue weighted by molar-refractivity contribution is 7.99. The van der Waals surface area contributed by atoms with Gasteiger partial charge in [0.1, 0.15) is 0 Å². The van der Waals surface area contributed by atoms with Crippen molar-refractivity contribution in [3.63, 3.8) is 0 Å². The lowest BCUT2D eigenvalue weighted by Crippen LogP contribution is -2.37. The van der Waals surface area contributed by atoms with E-state index in [9.17, 15) is 4.79 Å². The summed E-state index contributed by atoms with van der Waals surface area (Å²) in [6, 6.07) is 18.1. The van der Waals surface area contributed by atoms with E-state index in [1.54, 1.807) is 0 Å². The van der Waals surface area contributed by atoms with Crippen molar-refractivity contribution >= 4 is 23.5 Å². The second-order valence-electron chi connectivity index (χ2n) is 7.70. The molecule has 1 aliphatic heterocycles. The van der Waals surface area contributed by atoms with E-state index >= 15 is 0 Å². The quantitative estimate of drug-likeness (QED) is 0.380. The maximum absolute atomic E-state index is 12.8. The summed E-state index contributed by atoms with van der Waals surface area (Å²) >= 11 is 1.43. The first-order valence-corrected chi connectivity index (χ1v) is 11.8. The highest BCUT2D eigenvalue weighted by atomic mass is 32.2. The number of thioether (sulfide) groups is 1. The summed E-state index contributed by atoms with van der Waals surface area (Å²) in [4.78, 5) is 15.0. The van der Waals surface area contributed by atoms with Gasteiger partial charge in [0.05, 0.1) is 24.7 Å². The van der Waals surface area contributed by atoms with Gasteiger partial charge in [-0.1, -0.05) is 68.1 Å². The number of hydrogen-bond acceptors (Lipinski definition) is 6. The third kappa shape index (κ3) is 4.99. The van der Waals surface area contributed by atoms with Gasteiger partial charge >= 0.3 is 0 Å². The highest BCUT2D eigenvalue weighted by Gasteiger charge is 2.22. The number of Topliss-reactive ketones (excluding diaryl/α,β-unsaturated/α-hetero) is 1. The Kier molecular flexibility index (Phi) is 7.04. The number of anilines is 1. The number of carbonyl (C=O) groups excluding carboxylic acids is 1. The molecule has 1 aliphatic rings. The summed E-state index contributed by atoms with van der Waals surface area (Å²) in [6.07, 6.45) is 1.09. The number of nitrogens with zero attached hydrogens (tertiary/aromatic N) is 4. The molecular weight excluding hydrogens is 408 g/mol. The van der Waals surface area contributed by atoms with Crippen LogP contribution in [0.4, 0.5) is 5.95 Å². The van der Waals surface area contributed by atoms with Crippen LogP contribution in [0.25, 0.3) is 5.69 Å². The molecule has 2 heterocycles. The molecule has 4 rings (SSSR count). The second-order valence-corrected chi connectivity index (χ2v) is 8.64. The fourth-order valence-corrected chi connectivity index (χ4v) is 4.42. The van der Waals surface area contributed by atoms with Crippen LogP contribution < -0.4 is 4.90 Å². The molecule has 1 atom stereocenters. The molecule has 7 heteroatoms. The first-order valence-electron chi connectivity index (χ1n) is 10.8. The Morgan fingerprint density at radius 3 is 2.45 bits per heavy atom. The minimum absolute atomic E-state index is 0.0937. The summed E-state index contributed by atoms with van der Waals surface area (Å²) in [7, 11) is 0. The van der Waals surface area contributed by atoms with Crippen LogP contribution in [0.3, 0.4) is 0 Å². The van der Waals surface area contributed by atoms with E-state index in [4.69, 9.17) is 4.74 Å². The first kappa shape index (κ1) is 21.6. The Morgan fingerprint density at radius 1 is 1.06 bits per heavy atom. The van der Waals surface area contributed by atoms with E-state index in [1.165, 1.54) is 17.3 Å². The van der Waals surface area contributed by atoms with E-state index in [0.29, 0.717) is 24.9 Å². The molecule has 31 heavy (non-hydrogen) atoms. The lowest BCUT2D eigenvalue weighted by molar-refractivity contribution is 0.102. The first-order chi connectivity index (χ1) is 15.2. The maximum atomic E-state index is 12.8. The number of benzene rings is 2. The van der Waals surface area contributed by atoms with Gasteiger partial charge in [0, 0.05) is 18.7 Å². The number of hydrogen-bond donors (Lipinski definition) is 0. The van der Waals surface area contributed by atoms with Crippen molar-refractivity contribution in [1.29, 1.82) is 0 Å². The van der Waals surface area contributed by atoms with Gasteiger partial charge in [-0.3, -0.25) is 9.36 Å². The van der Waals surface area contributed by atoms with Gasteiger partial charge in [-0.2, -0.15) is 0 Å². The molecule has 1 unspecified atom stereocenters. The molecule has 1 fully saturated rings. The number of ether oxygens (including phenoxy) is 1. The van der Waals surface area contributed by atoms with Gasteiger partial charge in [-0.15, -0.1) is 10.2 Å². The number of para-hydroxylation sites is 1. The van der Waals surface area contributed by atoms with Crippen molar-refractivity contribution in [2.24, 2.45) is 0 Å². The molecule has 1 saturated heterocycles. The van der Waals surface area contributed by atoms with Crippen LogP contribution in [0, 0.1) is 0 Å². The van der Waals surface area contributed by atoms with Gasteiger partial charge in [0.25, 0.3) is 0 Å². The molecule has 0 radical (unpaired) electrons. The Bertz CT molecular complexity index is 998. The second kappa shape index (κ2) is 10.1. The van der Waals surface area contributed by atoms with E-state index in [-0.39, 0.29) is 5.78 Å². The lowest BCUT2D eigenvalue weighted by Gasteiger charge is -2.27. The monoisotopic (exact) mass is 436 g/mol. The summed E-state index contributed by atoms with van der Waals surface area (Å²) in [6.45, 7) is 7.28. The summed E-state index contributed by atoms with van der Waals surface area (Å²) in [5.74, 6) is 1.71. The zero-order valence-corrected chi connectivity index (χ0v) is 18.8.